The highest BCUT2D eigenvalue weighted by Crippen LogP contribution is 2.36. The first-order chi connectivity index (χ1) is 20.8. The SMILES string of the molecule is CC[C@H](C)[C@H](NC(=O)OCc1ccccc1)C(=O)N[C@]1(C(=O)N[C@H](C(N)=O)C(C)C)CCc2[nH]c3c(F)cc(F)cc3c2C1. The van der Waals surface area contributed by atoms with Crippen LogP contribution in [0.25, 0.3) is 10.9 Å². The summed E-state index contributed by atoms with van der Waals surface area (Å²) in [5.74, 6) is -4.34. The van der Waals surface area contributed by atoms with Crippen LogP contribution in [0.1, 0.15) is 57.4 Å². The van der Waals surface area contributed by atoms with Crippen molar-refractivity contribution in [1.82, 2.24) is 20.9 Å². The van der Waals surface area contributed by atoms with Gasteiger partial charge in [-0.15, -0.1) is 0 Å². The number of halogens is 2. The lowest BCUT2D eigenvalue weighted by Crippen LogP contribution is -2.67. The molecule has 0 spiro atoms. The summed E-state index contributed by atoms with van der Waals surface area (Å²) in [5.41, 5.74) is 5.87. The van der Waals surface area contributed by atoms with Gasteiger partial charge in [-0.3, -0.25) is 14.4 Å². The number of carbonyl (C=O) groups is 4. The van der Waals surface area contributed by atoms with Gasteiger partial charge in [0.1, 0.15) is 35.9 Å². The van der Waals surface area contributed by atoms with Crippen LogP contribution in [0.3, 0.4) is 0 Å². The van der Waals surface area contributed by atoms with Gasteiger partial charge in [-0.25, -0.2) is 13.6 Å². The molecule has 0 saturated heterocycles. The van der Waals surface area contributed by atoms with Gasteiger partial charge in [0.15, 0.2) is 0 Å². The third-order valence-corrected chi connectivity index (χ3v) is 8.34. The van der Waals surface area contributed by atoms with Gasteiger partial charge < -0.3 is 31.4 Å². The van der Waals surface area contributed by atoms with E-state index in [0.29, 0.717) is 17.7 Å². The van der Waals surface area contributed by atoms with Crippen molar-refractivity contribution < 1.29 is 32.7 Å². The van der Waals surface area contributed by atoms with E-state index in [1.165, 1.54) is 6.07 Å². The molecule has 0 saturated carbocycles. The van der Waals surface area contributed by atoms with Crippen LogP contribution < -0.4 is 21.7 Å². The normalized spacial score (nSPS) is 18.2. The average Bonchev–Trinajstić information content (AvgIpc) is 3.35. The number of nitrogens with one attached hydrogen (secondary N) is 4. The number of aromatic nitrogens is 1. The van der Waals surface area contributed by atoms with Crippen molar-refractivity contribution in [2.75, 3.05) is 0 Å². The van der Waals surface area contributed by atoms with Gasteiger partial charge in [0, 0.05) is 23.6 Å². The van der Waals surface area contributed by atoms with E-state index in [1.807, 2.05) is 25.1 Å². The Balaban J connectivity index is 1.65. The first kappa shape index (κ1) is 32.4. The van der Waals surface area contributed by atoms with Crippen LogP contribution in [0, 0.1) is 23.5 Å². The van der Waals surface area contributed by atoms with Crippen molar-refractivity contribution in [1.29, 1.82) is 0 Å². The molecular formula is C32H39F2N5O5. The fourth-order valence-electron chi connectivity index (χ4n) is 5.58. The van der Waals surface area contributed by atoms with Crippen molar-refractivity contribution >= 4 is 34.7 Å². The molecule has 2 aromatic carbocycles. The number of aryl methyl sites for hydroxylation is 1. The number of carbonyl (C=O) groups excluding carboxylic acids is 4. The Morgan fingerprint density at radius 1 is 1.05 bits per heavy atom. The lowest BCUT2D eigenvalue weighted by atomic mass is 9.78. The zero-order chi connectivity index (χ0) is 32.2. The quantitative estimate of drug-likeness (QED) is 0.223. The summed E-state index contributed by atoms with van der Waals surface area (Å²) >= 11 is 0. The molecule has 236 valence electrons. The molecule has 3 aromatic rings. The Bertz CT molecular complexity index is 1540. The van der Waals surface area contributed by atoms with Gasteiger partial charge in [-0.1, -0.05) is 64.4 Å². The molecule has 0 bridgehead atoms. The minimum absolute atomic E-state index is 0.00592. The van der Waals surface area contributed by atoms with E-state index in [-0.39, 0.29) is 48.6 Å². The molecule has 1 aliphatic rings. The van der Waals surface area contributed by atoms with Crippen LogP contribution in [0.2, 0.25) is 0 Å². The standard InChI is InChI=1S/C32H39F2N5O5/c1-5-18(4)26(38-31(43)44-16-19-9-7-6-8-10-19)29(41)39-32(30(42)37-25(17(2)3)28(35)40)12-11-24-22(15-32)21-13-20(33)14-23(34)27(21)36-24/h6-10,13-14,17-18,25-26,36H,5,11-12,15-16H2,1-4H3,(H2,35,40)(H,37,42)(H,38,43)(H,39,41)/t18-,25-,26-,32+/m0/s1. The van der Waals surface area contributed by atoms with Crippen molar-refractivity contribution in [3.63, 3.8) is 0 Å². The topological polar surface area (TPSA) is 155 Å². The van der Waals surface area contributed by atoms with Crippen molar-refractivity contribution in [3.8, 4) is 0 Å². The highest BCUT2D eigenvalue weighted by molar-refractivity contribution is 5.98. The minimum atomic E-state index is -1.63. The molecule has 4 atom stereocenters. The Morgan fingerprint density at radius 2 is 1.75 bits per heavy atom. The second-order valence-electron chi connectivity index (χ2n) is 11.8. The highest BCUT2D eigenvalue weighted by Gasteiger charge is 2.46. The Morgan fingerprint density at radius 3 is 2.39 bits per heavy atom. The fourth-order valence-corrected chi connectivity index (χ4v) is 5.58. The summed E-state index contributed by atoms with van der Waals surface area (Å²) in [7, 11) is 0. The van der Waals surface area contributed by atoms with E-state index >= 15 is 0 Å². The zero-order valence-corrected chi connectivity index (χ0v) is 25.3. The molecule has 44 heavy (non-hydrogen) atoms. The van der Waals surface area contributed by atoms with Crippen LogP contribution in [0.15, 0.2) is 42.5 Å². The minimum Gasteiger partial charge on any atom is -0.445 e. The molecule has 1 aliphatic carbocycles. The molecule has 1 aromatic heterocycles. The third-order valence-electron chi connectivity index (χ3n) is 8.34. The molecule has 0 aliphatic heterocycles. The predicted octanol–water partition coefficient (Wildman–Crippen LogP) is 3.76. The van der Waals surface area contributed by atoms with E-state index in [9.17, 15) is 28.0 Å². The number of hydrogen-bond acceptors (Lipinski definition) is 5. The molecule has 0 unspecified atom stereocenters. The number of hydrogen-bond donors (Lipinski definition) is 5. The van der Waals surface area contributed by atoms with E-state index in [4.69, 9.17) is 10.5 Å². The number of H-pyrrole nitrogens is 1. The molecular weight excluding hydrogens is 572 g/mol. The predicted molar refractivity (Wildman–Crippen MR) is 160 cm³/mol. The number of fused-ring (bicyclic) bond motifs is 3. The van der Waals surface area contributed by atoms with Crippen molar-refractivity contribution in [2.24, 2.45) is 17.6 Å². The number of aromatic amines is 1. The average molecular weight is 612 g/mol. The van der Waals surface area contributed by atoms with Crippen LogP contribution >= 0.6 is 0 Å². The first-order valence-corrected chi connectivity index (χ1v) is 14.7. The first-order valence-electron chi connectivity index (χ1n) is 14.7. The lowest BCUT2D eigenvalue weighted by molar-refractivity contribution is -0.137. The summed E-state index contributed by atoms with van der Waals surface area (Å²) in [6.45, 7) is 7.06. The molecule has 10 nitrogen and oxygen atoms in total. The van der Waals surface area contributed by atoms with Crippen LogP contribution in [0.4, 0.5) is 13.6 Å². The van der Waals surface area contributed by atoms with Gasteiger partial charge in [0.25, 0.3) is 0 Å². The number of ether oxygens (including phenoxy) is 1. The number of alkyl carbamates (subject to hydrolysis) is 1. The van der Waals surface area contributed by atoms with Crippen LogP contribution in [-0.2, 0) is 38.6 Å². The monoisotopic (exact) mass is 611 g/mol. The smallest absolute Gasteiger partial charge is 0.408 e. The Kier molecular flexibility index (Phi) is 9.91. The van der Waals surface area contributed by atoms with Crippen LogP contribution in [0.5, 0.6) is 0 Å². The maximum absolute atomic E-state index is 14.6. The molecule has 0 radical (unpaired) electrons. The highest BCUT2D eigenvalue weighted by atomic mass is 19.1. The summed E-state index contributed by atoms with van der Waals surface area (Å²) in [4.78, 5) is 55.9. The molecule has 1 heterocycles. The van der Waals surface area contributed by atoms with Gasteiger partial charge in [0.05, 0.1) is 5.52 Å². The van der Waals surface area contributed by atoms with Crippen LogP contribution in [-0.4, -0.2) is 46.4 Å². The second kappa shape index (κ2) is 13.4. The van der Waals surface area contributed by atoms with Crippen molar-refractivity contribution in [3.05, 3.63) is 70.9 Å². The van der Waals surface area contributed by atoms with Gasteiger partial charge in [-0.05, 0) is 41.9 Å². The number of primary amides is 1. The molecule has 6 N–H and O–H groups in total. The largest absolute Gasteiger partial charge is 0.445 e. The molecule has 12 heteroatoms. The van der Waals surface area contributed by atoms with E-state index in [0.717, 1.165) is 11.6 Å². The summed E-state index contributed by atoms with van der Waals surface area (Å²) < 4.78 is 34.3. The Labute approximate surface area is 254 Å². The maximum Gasteiger partial charge on any atom is 0.408 e. The van der Waals surface area contributed by atoms with E-state index in [1.54, 1.807) is 32.9 Å². The summed E-state index contributed by atoms with van der Waals surface area (Å²) in [6, 6.07) is 8.88. The van der Waals surface area contributed by atoms with E-state index < -0.39 is 53.1 Å². The van der Waals surface area contributed by atoms with Gasteiger partial charge >= 0.3 is 6.09 Å². The number of rotatable bonds is 11. The third kappa shape index (κ3) is 7.00. The molecule has 4 amide bonds. The number of benzene rings is 2. The number of amides is 4. The van der Waals surface area contributed by atoms with E-state index in [2.05, 4.69) is 20.9 Å². The molecule has 4 rings (SSSR count). The van der Waals surface area contributed by atoms with Gasteiger partial charge in [0.2, 0.25) is 17.7 Å². The lowest BCUT2D eigenvalue weighted by Gasteiger charge is -2.39. The zero-order valence-electron chi connectivity index (χ0n) is 25.3. The maximum atomic E-state index is 14.6. The Hall–Kier alpha value is -4.48. The molecule has 0 fully saturated rings. The van der Waals surface area contributed by atoms with Gasteiger partial charge in [-0.2, -0.15) is 0 Å². The second-order valence-corrected chi connectivity index (χ2v) is 11.8. The summed E-state index contributed by atoms with van der Waals surface area (Å²) in [5, 5.41) is 8.43. The number of nitrogens with two attached hydrogens (primary N) is 1. The van der Waals surface area contributed by atoms with Crippen molar-refractivity contribution in [2.45, 2.75) is 77.6 Å². The summed E-state index contributed by atoms with van der Waals surface area (Å²) in [6.07, 6.45) is -0.141. The fraction of sp³-hybridized carbons (Fsp3) is 0.438.